The Bertz CT molecular complexity index is 835. The van der Waals surface area contributed by atoms with E-state index in [4.69, 9.17) is 0 Å². The molecule has 158 valence electrons. The lowest BCUT2D eigenvalue weighted by atomic mass is 10.1. The van der Waals surface area contributed by atoms with Crippen LogP contribution >= 0.6 is 11.3 Å². The number of guanidine groups is 1. The third-order valence-corrected chi connectivity index (χ3v) is 4.67. The second-order valence-electron chi connectivity index (χ2n) is 6.19. The van der Waals surface area contributed by atoms with Gasteiger partial charge in [-0.1, -0.05) is 17.7 Å². The van der Waals surface area contributed by atoms with Gasteiger partial charge < -0.3 is 16.0 Å². The number of carbonyl (C=O) groups is 1. The minimum atomic E-state index is -4.42. The van der Waals surface area contributed by atoms with Crippen LogP contribution in [-0.2, 0) is 12.6 Å². The summed E-state index contributed by atoms with van der Waals surface area (Å²) in [7, 11) is 0. The number of halogens is 3. The molecule has 0 saturated carbocycles. The first-order valence-electron chi connectivity index (χ1n) is 9.18. The molecule has 0 aliphatic heterocycles. The van der Waals surface area contributed by atoms with Crippen LogP contribution in [0, 0.1) is 6.92 Å². The molecule has 0 unspecified atom stereocenters. The van der Waals surface area contributed by atoms with Gasteiger partial charge in [-0.25, -0.2) is 4.98 Å². The maximum absolute atomic E-state index is 12.6. The summed E-state index contributed by atoms with van der Waals surface area (Å²) in [6.07, 6.45) is -4.10. The maximum Gasteiger partial charge on any atom is 0.434 e. The molecule has 6 nitrogen and oxygen atoms in total. The lowest BCUT2D eigenvalue weighted by Crippen LogP contribution is -2.41. The molecule has 10 heteroatoms. The fourth-order valence-electron chi connectivity index (χ4n) is 2.41. The zero-order chi connectivity index (χ0) is 21.3. The highest BCUT2D eigenvalue weighted by molar-refractivity contribution is 7.09. The van der Waals surface area contributed by atoms with Crippen molar-refractivity contribution in [2.24, 2.45) is 4.99 Å². The number of nitrogens with zero attached hydrogens (tertiary/aromatic N) is 2. The van der Waals surface area contributed by atoms with Crippen molar-refractivity contribution in [2.45, 2.75) is 26.4 Å². The second kappa shape index (κ2) is 10.8. The highest BCUT2D eigenvalue weighted by Crippen LogP contribution is 2.30. The zero-order valence-corrected chi connectivity index (χ0v) is 17.1. The summed E-state index contributed by atoms with van der Waals surface area (Å²) >= 11 is 0.976. The normalized spacial score (nSPS) is 12.0. The molecule has 0 saturated heterocycles. The molecule has 1 amide bonds. The van der Waals surface area contributed by atoms with Gasteiger partial charge in [-0.15, -0.1) is 11.3 Å². The van der Waals surface area contributed by atoms with Gasteiger partial charge in [0.05, 0.1) is 5.01 Å². The standard InChI is InChI=1S/C19H24F3N5OS/c1-3-23-18(25-8-7-16-27-15(12-29-16)19(20,21)22)26-10-9-24-17(28)14-6-4-5-13(2)11-14/h4-6,11-12H,3,7-10H2,1-2H3,(H,24,28)(H2,23,25,26). The van der Waals surface area contributed by atoms with Gasteiger partial charge in [-0.3, -0.25) is 9.79 Å². The molecule has 2 rings (SSSR count). The first-order chi connectivity index (χ1) is 13.8. The van der Waals surface area contributed by atoms with E-state index in [0.29, 0.717) is 49.1 Å². The smallest absolute Gasteiger partial charge is 0.357 e. The highest BCUT2D eigenvalue weighted by Gasteiger charge is 2.33. The van der Waals surface area contributed by atoms with Gasteiger partial charge in [-0.05, 0) is 26.0 Å². The number of hydrogen-bond donors (Lipinski definition) is 3. The van der Waals surface area contributed by atoms with E-state index >= 15 is 0 Å². The molecule has 1 aromatic heterocycles. The van der Waals surface area contributed by atoms with E-state index in [9.17, 15) is 18.0 Å². The largest absolute Gasteiger partial charge is 0.434 e. The van der Waals surface area contributed by atoms with Crippen molar-refractivity contribution < 1.29 is 18.0 Å². The quantitative estimate of drug-likeness (QED) is 0.344. The molecule has 2 aromatic rings. The van der Waals surface area contributed by atoms with Crippen LogP contribution in [-0.4, -0.2) is 43.0 Å². The number of aliphatic imine (C=N–C) groups is 1. The molecule has 0 radical (unpaired) electrons. The minimum Gasteiger partial charge on any atom is -0.357 e. The summed E-state index contributed by atoms with van der Waals surface area (Å²) in [5, 5.41) is 10.4. The van der Waals surface area contributed by atoms with Gasteiger partial charge in [0, 0.05) is 43.5 Å². The number of hydrogen-bond acceptors (Lipinski definition) is 4. The Morgan fingerprint density at radius 2 is 1.97 bits per heavy atom. The molecule has 0 aliphatic rings. The molecule has 29 heavy (non-hydrogen) atoms. The molecule has 1 heterocycles. The number of aryl methyl sites for hydroxylation is 1. The van der Waals surface area contributed by atoms with Crippen molar-refractivity contribution >= 4 is 23.2 Å². The number of amides is 1. The Kier molecular flexibility index (Phi) is 8.44. The molecule has 1 aromatic carbocycles. The van der Waals surface area contributed by atoms with Crippen molar-refractivity contribution in [3.05, 3.63) is 51.5 Å². The Morgan fingerprint density at radius 3 is 2.62 bits per heavy atom. The average Bonchev–Trinajstić information content (AvgIpc) is 3.14. The summed E-state index contributed by atoms with van der Waals surface area (Å²) < 4.78 is 37.7. The van der Waals surface area contributed by atoms with E-state index in [1.54, 1.807) is 6.07 Å². The van der Waals surface area contributed by atoms with E-state index < -0.39 is 11.9 Å². The number of carbonyl (C=O) groups excluding carboxylic acids is 1. The Morgan fingerprint density at radius 1 is 1.21 bits per heavy atom. The maximum atomic E-state index is 12.6. The third-order valence-electron chi connectivity index (χ3n) is 3.77. The van der Waals surface area contributed by atoms with E-state index in [1.807, 2.05) is 32.0 Å². The molecule has 0 aliphatic carbocycles. The van der Waals surface area contributed by atoms with Crippen molar-refractivity contribution in [3.8, 4) is 0 Å². The fourth-order valence-corrected chi connectivity index (χ4v) is 3.20. The molecule has 0 fully saturated rings. The summed E-state index contributed by atoms with van der Waals surface area (Å²) in [5.41, 5.74) is 0.753. The van der Waals surface area contributed by atoms with Crippen LogP contribution in [0.3, 0.4) is 0 Å². The molecular formula is C19H24F3N5OS. The van der Waals surface area contributed by atoms with Crippen LogP contribution in [0.2, 0.25) is 0 Å². The SMILES string of the molecule is CCNC(=NCCc1nc(C(F)(F)F)cs1)NCCNC(=O)c1cccc(C)c1. The monoisotopic (exact) mass is 427 g/mol. The third kappa shape index (κ3) is 7.72. The highest BCUT2D eigenvalue weighted by atomic mass is 32.1. The number of rotatable bonds is 8. The lowest BCUT2D eigenvalue weighted by Gasteiger charge is -2.12. The van der Waals surface area contributed by atoms with E-state index in [1.165, 1.54) is 0 Å². The van der Waals surface area contributed by atoms with Crippen molar-refractivity contribution in [1.29, 1.82) is 0 Å². The molecule has 0 bridgehead atoms. The topological polar surface area (TPSA) is 78.4 Å². The minimum absolute atomic E-state index is 0.151. The molecule has 3 N–H and O–H groups in total. The predicted molar refractivity (Wildman–Crippen MR) is 108 cm³/mol. The van der Waals surface area contributed by atoms with E-state index in [0.717, 1.165) is 22.3 Å². The lowest BCUT2D eigenvalue weighted by molar-refractivity contribution is -0.140. The van der Waals surface area contributed by atoms with Crippen LogP contribution in [0.25, 0.3) is 0 Å². The van der Waals surface area contributed by atoms with Gasteiger partial charge in [0.2, 0.25) is 0 Å². The van der Waals surface area contributed by atoms with E-state index in [-0.39, 0.29) is 5.91 Å². The zero-order valence-electron chi connectivity index (χ0n) is 16.3. The Balaban J connectivity index is 1.77. The molecular weight excluding hydrogens is 403 g/mol. The molecule has 0 atom stereocenters. The Hall–Kier alpha value is -2.62. The van der Waals surface area contributed by atoms with Gasteiger partial charge in [0.15, 0.2) is 11.7 Å². The number of alkyl halides is 3. The average molecular weight is 427 g/mol. The number of nitrogens with one attached hydrogen (secondary N) is 3. The predicted octanol–water partition coefficient (Wildman–Crippen LogP) is 3.00. The number of thiazole rings is 1. The van der Waals surface area contributed by atoms with Crippen LogP contribution in [0.1, 0.15) is 33.5 Å². The van der Waals surface area contributed by atoms with Crippen LogP contribution in [0.4, 0.5) is 13.2 Å². The van der Waals surface area contributed by atoms with Gasteiger partial charge in [0.1, 0.15) is 0 Å². The van der Waals surface area contributed by atoms with Crippen LogP contribution in [0.5, 0.6) is 0 Å². The second-order valence-corrected chi connectivity index (χ2v) is 7.13. The van der Waals surface area contributed by atoms with Gasteiger partial charge in [0.25, 0.3) is 5.91 Å². The first-order valence-corrected chi connectivity index (χ1v) is 10.1. The summed E-state index contributed by atoms with van der Waals surface area (Å²) in [4.78, 5) is 20.0. The first kappa shape index (κ1) is 22.7. The van der Waals surface area contributed by atoms with E-state index in [2.05, 4.69) is 25.9 Å². The van der Waals surface area contributed by atoms with Crippen molar-refractivity contribution in [1.82, 2.24) is 20.9 Å². The summed E-state index contributed by atoms with van der Waals surface area (Å²) in [5.74, 6) is 0.381. The van der Waals surface area contributed by atoms with Crippen molar-refractivity contribution in [2.75, 3.05) is 26.2 Å². The summed E-state index contributed by atoms with van der Waals surface area (Å²) in [6.45, 7) is 5.63. The van der Waals surface area contributed by atoms with Gasteiger partial charge in [-0.2, -0.15) is 13.2 Å². The number of benzene rings is 1. The summed E-state index contributed by atoms with van der Waals surface area (Å²) in [6, 6.07) is 7.33. The van der Waals surface area contributed by atoms with Crippen LogP contribution in [0.15, 0.2) is 34.6 Å². The number of aromatic nitrogens is 1. The fraction of sp³-hybridized carbons (Fsp3) is 0.421. The molecule has 0 spiro atoms. The Labute approximate surface area is 171 Å². The van der Waals surface area contributed by atoms with Crippen LogP contribution < -0.4 is 16.0 Å². The van der Waals surface area contributed by atoms with Gasteiger partial charge >= 0.3 is 6.18 Å². The van der Waals surface area contributed by atoms with Crippen molar-refractivity contribution in [3.63, 3.8) is 0 Å².